The molecule has 2 heterocycles. The van der Waals surface area contributed by atoms with Gasteiger partial charge in [-0.2, -0.15) is 0 Å². The third-order valence-corrected chi connectivity index (χ3v) is 3.17. The molecule has 0 aliphatic carbocycles. The molecule has 1 atom stereocenters. The number of anilines is 1. The van der Waals surface area contributed by atoms with E-state index >= 15 is 0 Å². The van der Waals surface area contributed by atoms with Crippen molar-refractivity contribution >= 4 is 5.82 Å². The molecule has 0 bridgehead atoms. The molecule has 17 heavy (non-hydrogen) atoms. The summed E-state index contributed by atoms with van der Waals surface area (Å²) in [5.74, 6) is 2.30. The van der Waals surface area contributed by atoms with E-state index < -0.39 is 0 Å². The fourth-order valence-corrected chi connectivity index (χ4v) is 2.34. The van der Waals surface area contributed by atoms with Gasteiger partial charge in [-0.1, -0.05) is 0 Å². The van der Waals surface area contributed by atoms with Crippen molar-refractivity contribution < 1.29 is 4.74 Å². The first kappa shape index (κ1) is 12.1. The van der Waals surface area contributed by atoms with Gasteiger partial charge in [0.05, 0.1) is 7.11 Å². The van der Waals surface area contributed by atoms with Gasteiger partial charge >= 0.3 is 0 Å². The van der Waals surface area contributed by atoms with Crippen LogP contribution in [-0.2, 0) is 0 Å². The molecule has 2 rings (SSSR count). The number of ether oxygens (including phenoxy) is 1. The van der Waals surface area contributed by atoms with Gasteiger partial charge in [0.15, 0.2) is 0 Å². The zero-order valence-corrected chi connectivity index (χ0v) is 10.5. The van der Waals surface area contributed by atoms with Gasteiger partial charge in [-0.15, -0.1) is 0 Å². The molecule has 0 aromatic carbocycles. The number of methoxy groups -OCH3 is 1. The molecule has 1 aliphatic heterocycles. The molecular weight excluding hydrogens is 216 g/mol. The maximum Gasteiger partial charge on any atom is 0.218 e. The van der Waals surface area contributed by atoms with Gasteiger partial charge < -0.3 is 15.0 Å². The predicted molar refractivity (Wildman–Crippen MR) is 67.4 cm³/mol. The summed E-state index contributed by atoms with van der Waals surface area (Å²) in [7, 11) is 3.64. The highest BCUT2D eigenvalue weighted by atomic mass is 16.5. The van der Waals surface area contributed by atoms with Gasteiger partial charge in [-0.25, -0.2) is 9.97 Å². The molecule has 1 N–H and O–H groups in total. The van der Waals surface area contributed by atoms with Crippen LogP contribution >= 0.6 is 0 Å². The first-order chi connectivity index (χ1) is 8.33. The van der Waals surface area contributed by atoms with Crippen molar-refractivity contribution in [3.63, 3.8) is 0 Å². The predicted octanol–water partition coefficient (Wildman–Crippen LogP) is 0.921. The summed E-state index contributed by atoms with van der Waals surface area (Å²) in [6, 6.07) is 1.90. The first-order valence-corrected chi connectivity index (χ1v) is 6.09. The summed E-state index contributed by atoms with van der Waals surface area (Å²) in [5.41, 5.74) is 0. The summed E-state index contributed by atoms with van der Waals surface area (Å²) in [6.45, 7) is 3.19. The molecule has 5 nitrogen and oxygen atoms in total. The van der Waals surface area contributed by atoms with Crippen LogP contribution < -0.4 is 15.0 Å². The molecule has 0 radical (unpaired) electrons. The van der Waals surface area contributed by atoms with Gasteiger partial charge in [0.2, 0.25) is 5.88 Å². The molecule has 0 saturated carbocycles. The second-order valence-electron chi connectivity index (χ2n) is 4.43. The van der Waals surface area contributed by atoms with Gasteiger partial charge in [0, 0.05) is 19.2 Å². The third kappa shape index (κ3) is 3.06. The van der Waals surface area contributed by atoms with Crippen molar-refractivity contribution in [1.82, 2.24) is 15.3 Å². The Hall–Kier alpha value is -1.36. The highest BCUT2D eigenvalue weighted by molar-refractivity contribution is 5.41. The fraction of sp³-hybridized carbons (Fsp3) is 0.667. The van der Waals surface area contributed by atoms with Crippen molar-refractivity contribution in [3.8, 4) is 5.88 Å². The summed E-state index contributed by atoms with van der Waals surface area (Å²) >= 11 is 0. The highest BCUT2D eigenvalue weighted by Gasteiger charge is 2.20. The molecular formula is C12H20N4O. The zero-order chi connectivity index (χ0) is 12.1. The second-order valence-corrected chi connectivity index (χ2v) is 4.43. The van der Waals surface area contributed by atoms with Crippen molar-refractivity contribution in [1.29, 1.82) is 0 Å². The molecule has 94 valence electrons. The summed E-state index contributed by atoms with van der Waals surface area (Å²) < 4.78 is 5.13. The maximum absolute atomic E-state index is 5.13. The summed E-state index contributed by atoms with van der Waals surface area (Å²) in [4.78, 5) is 10.7. The molecule has 1 fully saturated rings. The molecule has 5 heteroatoms. The molecule has 1 saturated heterocycles. The maximum atomic E-state index is 5.13. The quantitative estimate of drug-likeness (QED) is 0.842. The summed E-state index contributed by atoms with van der Waals surface area (Å²) in [6.07, 6.45) is 4.08. The van der Waals surface area contributed by atoms with E-state index in [0.717, 1.165) is 25.5 Å². The highest BCUT2D eigenvalue weighted by Crippen LogP contribution is 2.22. The lowest BCUT2D eigenvalue weighted by Crippen LogP contribution is -2.39. The van der Waals surface area contributed by atoms with Crippen LogP contribution in [0.25, 0.3) is 0 Å². The van der Waals surface area contributed by atoms with E-state index in [1.807, 2.05) is 13.1 Å². The molecule has 0 spiro atoms. The Balaban J connectivity index is 2.05. The number of piperidine rings is 1. The van der Waals surface area contributed by atoms with Crippen LogP contribution in [0.1, 0.15) is 12.8 Å². The number of hydrogen-bond donors (Lipinski definition) is 1. The Morgan fingerprint density at radius 2 is 2.41 bits per heavy atom. The van der Waals surface area contributed by atoms with Gasteiger partial charge in [-0.3, -0.25) is 0 Å². The number of rotatable bonds is 4. The smallest absolute Gasteiger partial charge is 0.218 e. The van der Waals surface area contributed by atoms with Crippen LogP contribution in [0.2, 0.25) is 0 Å². The molecule has 1 aromatic heterocycles. The Morgan fingerprint density at radius 1 is 1.53 bits per heavy atom. The van der Waals surface area contributed by atoms with E-state index in [9.17, 15) is 0 Å². The monoisotopic (exact) mass is 236 g/mol. The van der Waals surface area contributed by atoms with E-state index in [1.165, 1.54) is 12.8 Å². The first-order valence-electron chi connectivity index (χ1n) is 6.09. The Labute approximate surface area is 102 Å². The fourth-order valence-electron chi connectivity index (χ4n) is 2.34. The second kappa shape index (κ2) is 5.82. The van der Waals surface area contributed by atoms with Crippen LogP contribution in [0.3, 0.4) is 0 Å². The van der Waals surface area contributed by atoms with Crippen LogP contribution in [0.5, 0.6) is 5.88 Å². The average molecular weight is 236 g/mol. The van der Waals surface area contributed by atoms with Crippen LogP contribution in [0, 0.1) is 5.92 Å². The largest absolute Gasteiger partial charge is 0.481 e. The SMILES string of the molecule is CNCC1CCCN(c2cc(OC)ncn2)C1. The van der Waals surface area contributed by atoms with Crippen molar-refractivity contribution in [2.75, 3.05) is 38.7 Å². The number of nitrogens with one attached hydrogen (secondary N) is 1. The molecule has 0 amide bonds. The van der Waals surface area contributed by atoms with Gasteiger partial charge in [0.1, 0.15) is 12.1 Å². The van der Waals surface area contributed by atoms with Crippen LogP contribution in [0.4, 0.5) is 5.82 Å². The standard InChI is InChI=1S/C12H20N4O/c1-13-7-10-4-3-5-16(8-10)11-6-12(17-2)15-9-14-11/h6,9-10,13H,3-5,7-8H2,1-2H3. The minimum Gasteiger partial charge on any atom is -0.481 e. The number of hydrogen-bond acceptors (Lipinski definition) is 5. The number of nitrogens with zero attached hydrogens (tertiary/aromatic N) is 3. The average Bonchev–Trinajstić information content (AvgIpc) is 2.40. The van der Waals surface area contributed by atoms with Crippen molar-refractivity contribution in [3.05, 3.63) is 12.4 Å². The summed E-state index contributed by atoms with van der Waals surface area (Å²) in [5, 5.41) is 3.25. The minimum atomic E-state index is 0.630. The van der Waals surface area contributed by atoms with Gasteiger partial charge in [-0.05, 0) is 32.4 Å². The topological polar surface area (TPSA) is 50.3 Å². The van der Waals surface area contributed by atoms with E-state index in [4.69, 9.17) is 4.74 Å². The lowest BCUT2D eigenvalue weighted by atomic mass is 9.98. The van der Waals surface area contributed by atoms with E-state index in [0.29, 0.717) is 11.8 Å². The van der Waals surface area contributed by atoms with E-state index in [-0.39, 0.29) is 0 Å². The number of aromatic nitrogens is 2. The zero-order valence-electron chi connectivity index (χ0n) is 10.5. The lowest BCUT2D eigenvalue weighted by Gasteiger charge is -2.33. The van der Waals surface area contributed by atoms with Crippen LogP contribution in [-0.4, -0.2) is 43.8 Å². The normalized spacial score (nSPS) is 20.4. The van der Waals surface area contributed by atoms with E-state index in [1.54, 1.807) is 13.4 Å². The van der Waals surface area contributed by atoms with Gasteiger partial charge in [0.25, 0.3) is 0 Å². The Morgan fingerprint density at radius 3 is 3.18 bits per heavy atom. The van der Waals surface area contributed by atoms with Crippen molar-refractivity contribution in [2.45, 2.75) is 12.8 Å². The van der Waals surface area contributed by atoms with Crippen molar-refractivity contribution in [2.24, 2.45) is 5.92 Å². The molecule has 1 unspecified atom stereocenters. The lowest BCUT2D eigenvalue weighted by molar-refractivity contribution is 0.390. The minimum absolute atomic E-state index is 0.630. The Kier molecular flexibility index (Phi) is 4.14. The molecule has 1 aliphatic rings. The van der Waals surface area contributed by atoms with Crippen LogP contribution in [0.15, 0.2) is 12.4 Å². The van der Waals surface area contributed by atoms with E-state index in [2.05, 4.69) is 20.2 Å². The third-order valence-electron chi connectivity index (χ3n) is 3.17. The molecule has 1 aromatic rings. The Bertz CT molecular complexity index is 356.